The molecule has 0 spiro atoms. The van der Waals surface area contributed by atoms with Crippen molar-refractivity contribution in [2.75, 3.05) is 5.32 Å². The number of halogens is 1. The average Bonchev–Trinajstić information content (AvgIpc) is 2.98. The van der Waals surface area contributed by atoms with Crippen LogP contribution in [0.3, 0.4) is 0 Å². The van der Waals surface area contributed by atoms with Gasteiger partial charge >= 0.3 is 0 Å². The number of hydrogen-bond donors (Lipinski definition) is 1. The lowest BCUT2D eigenvalue weighted by Crippen LogP contribution is -2.25. The summed E-state index contributed by atoms with van der Waals surface area (Å²) in [5.74, 6) is -0.0741. The number of amides is 1. The molecule has 1 N–H and O–H groups in total. The lowest BCUT2D eigenvalue weighted by Gasteiger charge is -2.23. The molecule has 1 atom stereocenters. The number of aromatic nitrogens is 3. The summed E-state index contributed by atoms with van der Waals surface area (Å²) in [5.41, 5.74) is 2.29. The van der Waals surface area contributed by atoms with Gasteiger partial charge in [0.05, 0.1) is 17.6 Å². The highest BCUT2D eigenvalue weighted by Crippen LogP contribution is 2.37. The number of anilines is 1. The second-order valence-electron chi connectivity index (χ2n) is 5.42. The Labute approximate surface area is 131 Å². The highest BCUT2D eigenvalue weighted by molar-refractivity contribution is 5.94. The zero-order valence-corrected chi connectivity index (χ0v) is 12.1. The molecule has 6 heteroatoms. The van der Waals surface area contributed by atoms with Crippen LogP contribution in [-0.4, -0.2) is 20.4 Å². The number of carbonyl (C=O) groups excluding carboxylic acids is 1. The van der Waals surface area contributed by atoms with E-state index in [2.05, 4.69) is 15.3 Å². The van der Waals surface area contributed by atoms with Crippen LogP contribution < -0.4 is 5.32 Å². The molecule has 0 bridgehead atoms. The monoisotopic (exact) mass is 308 g/mol. The molecular formula is C17H13FN4O. The van der Waals surface area contributed by atoms with E-state index in [1.807, 2.05) is 18.2 Å². The van der Waals surface area contributed by atoms with Crippen LogP contribution in [-0.2, 0) is 4.79 Å². The molecule has 0 fully saturated rings. The molecule has 0 saturated carbocycles. The second-order valence-corrected chi connectivity index (χ2v) is 5.42. The molecule has 114 valence electrons. The Morgan fingerprint density at radius 3 is 2.96 bits per heavy atom. The normalized spacial score (nSPS) is 16.7. The van der Waals surface area contributed by atoms with Gasteiger partial charge in [-0.3, -0.25) is 14.3 Å². The predicted octanol–water partition coefficient (Wildman–Crippen LogP) is 2.88. The summed E-state index contributed by atoms with van der Waals surface area (Å²) in [6, 6.07) is 10.0. The predicted molar refractivity (Wildman–Crippen MR) is 82.8 cm³/mol. The second kappa shape index (κ2) is 5.31. The highest BCUT2D eigenvalue weighted by Gasteiger charge is 2.31. The Bertz CT molecular complexity index is 875. The van der Waals surface area contributed by atoms with Gasteiger partial charge in [0.25, 0.3) is 0 Å². The van der Waals surface area contributed by atoms with E-state index >= 15 is 0 Å². The van der Waals surface area contributed by atoms with Crippen LogP contribution in [0, 0.1) is 5.82 Å². The number of pyridine rings is 1. The van der Waals surface area contributed by atoms with Gasteiger partial charge in [-0.15, -0.1) is 0 Å². The van der Waals surface area contributed by atoms with Crippen LogP contribution in [0.25, 0.3) is 5.69 Å². The number of fused-ring (bicyclic) bond motifs is 1. The summed E-state index contributed by atoms with van der Waals surface area (Å²) in [6.45, 7) is 0. The van der Waals surface area contributed by atoms with Gasteiger partial charge in [0.2, 0.25) is 5.91 Å². The molecule has 3 aromatic rings. The molecule has 0 aliphatic carbocycles. The van der Waals surface area contributed by atoms with E-state index in [9.17, 15) is 9.18 Å². The molecule has 5 nitrogen and oxygen atoms in total. The molecule has 3 heterocycles. The third-order valence-electron chi connectivity index (χ3n) is 3.95. The van der Waals surface area contributed by atoms with Gasteiger partial charge in [0.1, 0.15) is 18.0 Å². The molecule has 1 aliphatic rings. The molecular weight excluding hydrogens is 295 g/mol. The van der Waals surface area contributed by atoms with Crippen molar-refractivity contribution in [3.05, 3.63) is 72.2 Å². The van der Waals surface area contributed by atoms with E-state index in [0.29, 0.717) is 5.82 Å². The van der Waals surface area contributed by atoms with Crippen LogP contribution in [0.4, 0.5) is 10.2 Å². The largest absolute Gasteiger partial charge is 0.310 e. The molecule has 0 radical (unpaired) electrons. The van der Waals surface area contributed by atoms with Crippen molar-refractivity contribution in [3.63, 3.8) is 0 Å². The Morgan fingerprint density at radius 2 is 2.17 bits per heavy atom. The molecule has 23 heavy (non-hydrogen) atoms. The first kappa shape index (κ1) is 13.6. The van der Waals surface area contributed by atoms with Crippen molar-refractivity contribution in [1.29, 1.82) is 0 Å². The minimum Gasteiger partial charge on any atom is -0.310 e. The number of nitrogens with zero attached hydrogens (tertiary/aromatic N) is 3. The lowest BCUT2D eigenvalue weighted by molar-refractivity contribution is -0.116. The van der Waals surface area contributed by atoms with Gasteiger partial charge in [0.15, 0.2) is 0 Å². The van der Waals surface area contributed by atoms with Crippen molar-refractivity contribution in [1.82, 2.24) is 14.5 Å². The topological polar surface area (TPSA) is 59.8 Å². The fourth-order valence-electron chi connectivity index (χ4n) is 2.90. The summed E-state index contributed by atoms with van der Waals surface area (Å²) in [6.07, 6.45) is 5.28. The van der Waals surface area contributed by atoms with Gasteiger partial charge in [-0.2, -0.15) is 0 Å². The smallest absolute Gasteiger partial charge is 0.226 e. The number of rotatable bonds is 2. The van der Waals surface area contributed by atoms with E-state index in [0.717, 1.165) is 16.9 Å². The third kappa shape index (κ3) is 2.38. The minimum absolute atomic E-state index is 0.114. The summed E-state index contributed by atoms with van der Waals surface area (Å²) < 4.78 is 15.3. The van der Waals surface area contributed by atoms with E-state index in [1.165, 1.54) is 12.1 Å². The highest BCUT2D eigenvalue weighted by atomic mass is 19.1. The van der Waals surface area contributed by atoms with E-state index in [1.54, 1.807) is 29.4 Å². The fourth-order valence-corrected chi connectivity index (χ4v) is 2.90. The van der Waals surface area contributed by atoms with Gasteiger partial charge < -0.3 is 5.32 Å². The summed E-state index contributed by atoms with van der Waals surface area (Å²) in [5, 5.41) is 2.86. The van der Waals surface area contributed by atoms with Gasteiger partial charge in [-0.05, 0) is 29.8 Å². The fraction of sp³-hybridized carbons (Fsp3) is 0.118. The van der Waals surface area contributed by atoms with Crippen molar-refractivity contribution in [2.45, 2.75) is 12.3 Å². The Hall–Kier alpha value is -3.02. The quantitative estimate of drug-likeness (QED) is 0.792. The van der Waals surface area contributed by atoms with E-state index in [4.69, 9.17) is 0 Å². The number of nitrogens with one attached hydrogen (secondary N) is 1. The zero-order valence-electron chi connectivity index (χ0n) is 12.1. The molecule has 1 aliphatic heterocycles. The standard InChI is InChI=1S/C17H13FN4O/c18-12-4-1-3-11(7-12)14-8-15(23)21-17-16(14)20-10-22(17)13-5-2-6-19-9-13/h1-7,9-10,14H,8H2,(H,21,23)/t14-/m1/s1. The van der Waals surface area contributed by atoms with Gasteiger partial charge in [-0.1, -0.05) is 12.1 Å². The van der Waals surface area contributed by atoms with Gasteiger partial charge in [0, 0.05) is 18.5 Å². The van der Waals surface area contributed by atoms with Crippen molar-refractivity contribution >= 4 is 11.7 Å². The third-order valence-corrected chi connectivity index (χ3v) is 3.95. The maximum Gasteiger partial charge on any atom is 0.226 e. The van der Waals surface area contributed by atoms with Crippen LogP contribution in [0.1, 0.15) is 23.6 Å². The maximum absolute atomic E-state index is 13.5. The average molecular weight is 308 g/mol. The van der Waals surface area contributed by atoms with Crippen molar-refractivity contribution in [3.8, 4) is 5.69 Å². The number of benzene rings is 1. The first-order valence-corrected chi connectivity index (χ1v) is 7.25. The van der Waals surface area contributed by atoms with Crippen LogP contribution in [0.5, 0.6) is 0 Å². The summed E-state index contributed by atoms with van der Waals surface area (Å²) in [7, 11) is 0. The van der Waals surface area contributed by atoms with E-state index in [-0.39, 0.29) is 24.1 Å². The Balaban J connectivity index is 1.83. The Morgan fingerprint density at radius 1 is 1.26 bits per heavy atom. The molecule has 0 unspecified atom stereocenters. The lowest BCUT2D eigenvalue weighted by atomic mass is 9.90. The van der Waals surface area contributed by atoms with Crippen molar-refractivity contribution in [2.24, 2.45) is 0 Å². The molecule has 1 amide bonds. The van der Waals surface area contributed by atoms with Crippen LogP contribution >= 0.6 is 0 Å². The first-order valence-electron chi connectivity index (χ1n) is 7.25. The molecule has 0 saturated heterocycles. The SMILES string of the molecule is O=C1C[C@H](c2cccc(F)c2)c2ncn(-c3cccnc3)c2N1. The minimum atomic E-state index is -0.318. The number of hydrogen-bond acceptors (Lipinski definition) is 3. The van der Waals surface area contributed by atoms with Crippen LogP contribution in [0.2, 0.25) is 0 Å². The molecule has 2 aromatic heterocycles. The Kier molecular flexibility index (Phi) is 3.15. The number of carbonyl (C=O) groups is 1. The first-order chi connectivity index (χ1) is 11.2. The summed E-state index contributed by atoms with van der Waals surface area (Å²) >= 11 is 0. The maximum atomic E-state index is 13.5. The van der Waals surface area contributed by atoms with Crippen molar-refractivity contribution < 1.29 is 9.18 Å². The van der Waals surface area contributed by atoms with E-state index < -0.39 is 0 Å². The molecule has 4 rings (SSSR count). The zero-order chi connectivity index (χ0) is 15.8. The molecule has 1 aromatic carbocycles. The summed E-state index contributed by atoms with van der Waals surface area (Å²) in [4.78, 5) is 20.7. The number of imidazole rings is 1. The van der Waals surface area contributed by atoms with Gasteiger partial charge in [-0.25, -0.2) is 9.37 Å². The van der Waals surface area contributed by atoms with Crippen LogP contribution in [0.15, 0.2) is 55.1 Å².